The van der Waals surface area contributed by atoms with E-state index < -0.39 is 0 Å². The average Bonchev–Trinajstić information content (AvgIpc) is 2.46. The van der Waals surface area contributed by atoms with Gasteiger partial charge in [0.05, 0.1) is 0 Å². The maximum atomic E-state index is 4.00. The number of hydrogen-bond donors (Lipinski definition) is 1. The molecule has 4 fully saturated rings. The minimum Gasteiger partial charge on any atom is -0.311 e. The lowest BCUT2D eigenvalue weighted by molar-refractivity contribution is -0.0192. The predicted molar refractivity (Wildman–Crippen MR) is 91.7 cm³/mol. The molecule has 0 radical (unpaired) electrons. The quantitative estimate of drug-likeness (QED) is 0.762. The van der Waals surface area contributed by atoms with E-state index in [9.17, 15) is 0 Å². The van der Waals surface area contributed by atoms with Gasteiger partial charge in [0, 0.05) is 10.9 Å². The minimum atomic E-state index is 0.518. The summed E-state index contributed by atoms with van der Waals surface area (Å²) >= 11 is 3.51. The van der Waals surface area contributed by atoms with Gasteiger partial charge in [-0.25, -0.2) is 0 Å². The van der Waals surface area contributed by atoms with Crippen molar-refractivity contribution >= 4 is 15.9 Å². The monoisotopic (exact) mass is 347 g/mol. The summed E-state index contributed by atoms with van der Waals surface area (Å²) in [5, 5.41) is 4.95. The summed E-state index contributed by atoms with van der Waals surface area (Å²) in [6.45, 7) is 1.15. The minimum absolute atomic E-state index is 0.518. The molecule has 1 aromatic rings. The van der Waals surface area contributed by atoms with Crippen molar-refractivity contribution in [2.45, 2.75) is 55.8 Å². The molecule has 0 heterocycles. The molecule has 114 valence electrons. The number of nitrogens with one attached hydrogen (secondary N) is 1. The predicted octanol–water partition coefficient (Wildman–Crippen LogP) is 4.68. The highest BCUT2D eigenvalue weighted by molar-refractivity contribution is 9.08. The van der Waals surface area contributed by atoms with Crippen molar-refractivity contribution in [1.82, 2.24) is 5.32 Å². The second kappa shape index (κ2) is 5.70. The van der Waals surface area contributed by atoms with Crippen LogP contribution in [0.1, 0.15) is 49.7 Å². The third kappa shape index (κ3) is 2.94. The summed E-state index contributed by atoms with van der Waals surface area (Å²) in [7, 11) is 0. The van der Waals surface area contributed by atoms with E-state index in [4.69, 9.17) is 0 Å². The smallest absolute Gasteiger partial charge is 0.0283 e. The summed E-state index contributed by atoms with van der Waals surface area (Å²) in [6, 6.07) is 9.07. The standard InChI is InChI=1S/C19H26BrN/c20-13-15-3-1-14(2-4-15)5-6-21-19-10-16-7-17(11-19)9-18(8-16)12-19/h1-4,16-18,21H,5-13H2. The molecule has 0 atom stereocenters. The second-order valence-electron chi connectivity index (χ2n) is 7.82. The molecule has 0 saturated heterocycles. The number of benzene rings is 1. The van der Waals surface area contributed by atoms with Crippen molar-refractivity contribution in [2.24, 2.45) is 17.8 Å². The summed E-state index contributed by atoms with van der Waals surface area (Å²) in [4.78, 5) is 0. The first-order chi connectivity index (χ1) is 10.2. The van der Waals surface area contributed by atoms with E-state index in [0.717, 1.165) is 29.6 Å². The highest BCUT2D eigenvalue weighted by atomic mass is 79.9. The van der Waals surface area contributed by atoms with Gasteiger partial charge in [0.25, 0.3) is 0 Å². The fourth-order valence-electron chi connectivity index (χ4n) is 5.59. The molecule has 0 aliphatic heterocycles. The molecule has 4 aliphatic rings. The Kier molecular flexibility index (Phi) is 3.87. The Morgan fingerprint density at radius 2 is 1.43 bits per heavy atom. The van der Waals surface area contributed by atoms with Gasteiger partial charge in [-0.05, 0) is 80.4 Å². The first-order valence-electron chi connectivity index (χ1n) is 8.63. The van der Waals surface area contributed by atoms with Gasteiger partial charge >= 0.3 is 0 Å². The SMILES string of the molecule is BrCc1ccc(CCNC23CC4CC(CC(C4)C2)C3)cc1. The highest BCUT2D eigenvalue weighted by Gasteiger charge is 2.50. The number of halogens is 1. The lowest BCUT2D eigenvalue weighted by Crippen LogP contribution is -2.58. The van der Waals surface area contributed by atoms with Crippen LogP contribution in [0.2, 0.25) is 0 Å². The van der Waals surface area contributed by atoms with Gasteiger partial charge in [-0.3, -0.25) is 0 Å². The molecule has 0 aromatic heterocycles. The van der Waals surface area contributed by atoms with E-state index in [2.05, 4.69) is 45.5 Å². The van der Waals surface area contributed by atoms with Crippen molar-refractivity contribution < 1.29 is 0 Å². The summed E-state index contributed by atoms with van der Waals surface area (Å²) < 4.78 is 0. The second-order valence-corrected chi connectivity index (χ2v) is 8.39. The maximum Gasteiger partial charge on any atom is 0.0283 e. The molecule has 4 aliphatic carbocycles. The zero-order valence-corrected chi connectivity index (χ0v) is 14.4. The van der Waals surface area contributed by atoms with E-state index in [0.29, 0.717) is 5.54 Å². The van der Waals surface area contributed by atoms with Gasteiger partial charge in [0.2, 0.25) is 0 Å². The van der Waals surface area contributed by atoms with Crippen LogP contribution >= 0.6 is 15.9 Å². The molecular formula is C19H26BrN. The van der Waals surface area contributed by atoms with Crippen LogP contribution in [-0.4, -0.2) is 12.1 Å². The van der Waals surface area contributed by atoms with Crippen LogP contribution in [0.25, 0.3) is 0 Å². The fraction of sp³-hybridized carbons (Fsp3) is 0.684. The highest BCUT2D eigenvalue weighted by Crippen LogP contribution is 2.55. The maximum absolute atomic E-state index is 4.00. The van der Waals surface area contributed by atoms with Crippen molar-refractivity contribution in [1.29, 1.82) is 0 Å². The fourth-order valence-corrected chi connectivity index (χ4v) is 5.97. The Hall–Kier alpha value is -0.340. The first-order valence-corrected chi connectivity index (χ1v) is 9.76. The van der Waals surface area contributed by atoms with E-state index in [1.165, 1.54) is 56.1 Å². The lowest BCUT2D eigenvalue weighted by atomic mass is 9.53. The molecule has 4 saturated carbocycles. The Bertz CT molecular complexity index is 458. The zero-order chi connectivity index (χ0) is 14.3. The molecule has 1 N–H and O–H groups in total. The van der Waals surface area contributed by atoms with Crippen molar-refractivity contribution in [3.63, 3.8) is 0 Å². The average molecular weight is 348 g/mol. The number of alkyl halides is 1. The van der Waals surface area contributed by atoms with E-state index in [-0.39, 0.29) is 0 Å². The van der Waals surface area contributed by atoms with Crippen molar-refractivity contribution in [3.8, 4) is 0 Å². The Labute approximate surface area is 137 Å². The van der Waals surface area contributed by atoms with Gasteiger partial charge in [-0.1, -0.05) is 40.2 Å². The molecule has 21 heavy (non-hydrogen) atoms. The summed E-state index contributed by atoms with van der Waals surface area (Å²) in [5.74, 6) is 3.13. The third-order valence-electron chi connectivity index (χ3n) is 6.13. The van der Waals surface area contributed by atoms with Gasteiger partial charge in [0.1, 0.15) is 0 Å². The summed E-state index contributed by atoms with van der Waals surface area (Å²) in [5.41, 5.74) is 3.36. The summed E-state index contributed by atoms with van der Waals surface area (Å²) in [6.07, 6.45) is 10.2. The third-order valence-corrected chi connectivity index (χ3v) is 6.78. The van der Waals surface area contributed by atoms with E-state index in [1.54, 1.807) is 0 Å². The molecule has 1 nitrogen and oxygen atoms in total. The molecule has 0 spiro atoms. The molecule has 0 unspecified atom stereocenters. The number of rotatable bonds is 5. The molecule has 5 rings (SSSR count). The van der Waals surface area contributed by atoms with E-state index >= 15 is 0 Å². The topological polar surface area (TPSA) is 12.0 Å². The Morgan fingerprint density at radius 1 is 0.905 bits per heavy atom. The van der Waals surface area contributed by atoms with E-state index in [1.807, 2.05) is 0 Å². The molecular weight excluding hydrogens is 322 g/mol. The van der Waals surface area contributed by atoms with Gasteiger partial charge in [0.15, 0.2) is 0 Å². The van der Waals surface area contributed by atoms with Crippen LogP contribution in [0.4, 0.5) is 0 Å². The molecule has 1 aromatic carbocycles. The molecule has 0 amide bonds. The van der Waals surface area contributed by atoms with Crippen molar-refractivity contribution in [2.75, 3.05) is 6.54 Å². The normalized spacial score (nSPS) is 37.1. The van der Waals surface area contributed by atoms with Gasteiger partial charge in [-0.15, -0.1) is 0 Å². The van der Waals surface area contributed by atoms with Crippen LogP contribution in [0.3, 0.4) is 0 Å². The van der Waals surface area contributed by atoms with Crippen LogP contribution in [0.15, 0.2) is 24.3 Å². The first kappa shape index (κ1) is 14.3. The largest absolute Gasteiger partial charge is 0.311 e. The Balaban J connectivity index is 1.34. The van der Waals surface area contributed by atoms with Crippen LogP contribution in [-0.2, 0) is 11.8 Å². The lowest BCUT2D eigenvalue weighted by Gasteiger charge is -2.57. The van der Waals surface area contributed by atoms with Gasteiger partial charge < -0.3 is 5.32 Å². The van der Waals surface area contributed by atoms with Crippen LogP contribution in [0, 0.1) is 17.8 Å². The number of hydrogen-bond acceptors (Lipinski definition) is 1. The molecule has 4 bridgehead atoms. The van der Waals surface area contributed by atoms with Crippen molar-refractivity contribution in [3.05, 3.63) is 35.4 Å². The Morgan fingerprint density at radius 3 is 1.95 bits per heavy atom. The van der Waals surface area contributed by atoms with Crippen LogP contribution in [0.5, 0.6) is 0 Å². The zero-order valence-electron chi connectivity index (χ0n) is 12.8. The van der Waals surface area contributed by atoms with Crippen LogP contribution < -0.4 is 5.32 Å². The van der Waals surface area contributed by atoms with Gasteiger partial charge in [-0.2, -0.15) is 0 Å². The molecule has 2 heteroatoms.